The highest BCUT2D eigenvalue weighted by atomic mass is 16.5. The van der Waals surface area contributed by atoms with E-state index in [1.807, 2.05) is 31.2 Å². The summed E-state index contributed by atoms with van der Waals surface area (Å²) in [5.41, 5.74) is 6.73. The van der Waals surface area contributed by atoms with Crippen LogP contribution in [0.4, 0.5) is 11.8 Å². The Kier molecular flexibility index (Phi) is 3.96. The molecule has 5 nitrogen and oxygen atoms in total. The second kappa shape index (κ2) is 5.86. The molecule has 0 saturated heterocycles. The summed E-state index contributed by atoms with van der Waals surface area (Å²) in [6.45, 7) is 3.20. The number of rotatable bonds is 5. The molecule has 0 fully saturated rings. The average Bonchev–Trinajstić information content (AvgIpc) is 2.35. The SMILES string of the molecule is Cc1cccc(OCCNc2nccc(N)n2)c1. The van der Waals surface area contributed by atoms with Gasteiger partial charge in [-0.2, -0.15) is 4.98 Å². The highest BCUT2D eigenvalue weighted by Crippen LogP contribution is 2.11. The third-order valence-electron chi connectivity index (χ3n) is 2.32. The Balaban J connectivity index is 1.76. The summed E-state index contributed by atoms with van der Waals surface area (Å²) in [5.74, 6) is 1.83. The second-order valence-corrected chi connectivity index (χ2v) is 3.90. The molecule has 0 radical (unpaired) electrons. The van der Waals surface area contributed by atoms with Crippen molar-refractivity contribution in [1.29, 1.82) is 0 Å². The molecule has 3 N–H and O–H groups in total. The number of anilines is 2. The normalized spacial score (nSPS) is 10.1. The molecule has 0 saturated carbocycles. The summed E-state index contributed by atoms with van der Waals surface area (Å²) in [6.07, 6.45) is 1.62. The summed E-state index contributed by atoms with van der Waals surface area (Å²) < 4.78 is 5.59. The maximum Gasteiger partial charge on any atom is 0.224 e. The van der Waals surface area contributed by atoms with Crippen LogP contribution >= 0.6 is 0 Å². The highest BCUT2D eigenvalue weighted by molar-refractivity contribution is 5.34. The van der Waals surface area contributed by atoms with Crippen molar-refractivity contribution in [1.82, 2.24) is 9.97 Å². The van der Waals surface area contributed by atoms with Gasteiger partial charge < -0.3 is 15.8 Å². The molecular formula is C13H16N4O. The van der Waals surface area contributed by atoms with E-state index in [1.54, 1.807) is 12.3 Å². The minimum Gasteiger partial charge on any atom is -0.492 e. The summed E-state index contributed by atoms with van der Waals surface area (Å²) in [5, 5.41) is 3.04. The Morgan fingerprint density at radius 3 is 3.00 bits per heavy atom. The molecule has 0 spiro atoms. The number of nitrogens with zero attached hydrogens (tertiary/aromatic N) is 2. The van der Waals surface area contributed by atoms with E-state index in [1.165, 1.54) is 5.56 Å². The van der Waals surface area contributed by atoms with Crippen molar-refractivity contribution >= 4 is 11.8 Å². The third kappa shape index (κ3) is 3.62. The second-order valence-electron chi connectivity index (χ2n) is 3.90. The summed E-state index contributed by atoms with van der Waals surface area (Å²) in [4.78, 5) is 8.07. The molecule has 2 aromatic rings. The van der Waals surface area contributed by atoms with Crippen LogP contribution < -0.4 is 15.8 Å². The van der Waals surface area contributed by atoms with Gasteiger partial charge in [-0.25, -0.2) is 4.98 Å². The van der Waals surface area contributed by atoms with E-state index in [4.69, 9.17) is 10.5 Å². The van der Waals surface area contributed by atoms with Gasteiger partial charge in [0.05, 0.1) is 6.54 Å². The van der Waals surface area contributed by atoms with Gasteiger partial charge in [0.1, 0.15) is 18.2 Å². The minimum atomic E-state index is 0.451. The van der Waals surface area contributed by atoms with Crippen LogP contribution in [0.1, 0.15) is 5.56 Å². The zero-order chi connectivity index (χ0) is 12.8. The van der Waals surface area contributed by atoms with E-state index >= 15 is 0 Å². The zero-order valence-electron chi connectivity index (χ0n) is 10.3. The number of ether oxygens (including phenoxy) is 1. The first-order chi connectivity index (χ1) is 8.74. The number of nitrogens with two attached hydrogens (primary N) is 1. The van der Waals surface area contributed by atoms with Gasteiger partial charge in [0.15, 0.2) is 0 Å². The van der Waals surface area contributed by atoms with Gasteiger partial charge >= 0.3 is 0 Å². The van der Waals surface area contributed by atoms with Gasteiger partial charge in [-0.15, -0.1) is 0 Å². The van der Waals surface area contributed by atoms with E-state index in [0.29, 0.717) is 24.9 Å². The predicted octanol–water partition coefficient (Wildman–Crippen LogP) is 1.86. The van der Waals surface area contributed by atoms with Crippen LogP contribution in [-0.4, -0.2) is 23.1 Å². The number of nitrogens with one attached hydrogen (secondary N) is 1. The molecule has 2 rings (SSSR count). The van der Waals surface area contributed by atoms with E-state index in [9.17, 15) is 0 Å². The van der Waals surface area contributed by atoms with Crippen molar-refractivity contribution < 1.29 is 4.74 Å². The number of hydrogen-bond donors (Lipinski definition) is 2. The van der Waals surface area contributed by atoms with Gasteiger partial charge in [0.25, 0.3) is 0 Å². The van der Waals surface area contributed by atoms with Gasteiger partial charge in [-0.3, -0.25) is 0 Å². The van der Waals surface area contributed by atoms with Crippen molar-refractivity contribution in [3.63, 3.8) is 0 Å². The Bertz CT molecular complexity index is 468. The fraction of sp³-hybridized carbons (Fsp3) is 0.231. The largest absolute Gasteiger partial charge is 0.492 e. The Morgan fingerprint density at radius 2 is 2.22 bits per heavy atom. The fourth-order valence-corrected chi connectivity index (χ4v) is 1.49. The molecule has 0 atom stereocenters. The first-order valence-electron chi connectivity index (χ1n) is 5.76. The molecule has 94 valence electrons. The average molecular weight is 244 g/mol. The van der Waals surface area contributed by atoms with Crippen LogP contribution in [0.25, 0.3) is 0 Å². The smallest absolute Gasteiger partial charge is 0.224 e. The van der Waals surface area contributed by atoms with Crippen LogP contribution in [0.2, 0.25) is 0 Å². The van der Waals surface area contributed by atoms with Crippen molar-refractivity contribution in [2.45, 2.75) is 6.92 Å². The zero-order valence-corrected chi connectivity index (χ0v) is 10.3. The van der Waals surface area contributed by atoms with E-state index < -0.39 is 0 Å². The lowest BCUT2D eigenvalue weighted by Crippen LogP contribution is -2.13. The van der Waals surface area contributed by atoms with Gasteiger partial charge in [0, 0.05) is 6.20 Å². The summed E-state index contributed by atoms with van der Waals surface area (Å²) >= 11 is 0. The highest BCUT2D eigenvalue weighted by Gasteiger charge is 1.97. The number of aryl methyl sites for hydroxylation is 1. The number of benzene rings is 1. The van der Waals surface area contributed by atoms with Crippen molar-refractivity contribution in [3.05, 3.63) is 42.1 Å². The summed E-state index contributed by atoms with van der Waals surface area (Å²) in [6, 6.07) is 9.58. The molecule has 0 aliphatic carbocycles. The molecule has 0 aliphatic heterocycles. The molecule has 18 heavy (non-hydrogen) atoms. The van der Waals surface area contributed by atoms with Crippen LogP contribution in [0.3, 0.4) is 0 Å². The Morgan fingerprint density at radius 1 is 1.33 bits per heavy atom. The molecule has 1 heterocycles. The topological polar surface area (TPSA) is 73.1 Å². The third-order valence-corrected chi connectivity index (χ3v) is 2.32. The quantitative estimate of drug-likeness (QED) is 0.785. The van der Waals surface area contributed by atoms with Gasteiger partial charge in [-0.05, 0) is 30.7 Å². The van der Waals surface area contributed by atoms with Crippen LogP contribution in [0, 0.1) is 6.92 Å². The lowest BCUT2D eigenvalue weighted by Gasteiger charge is -2.08. The first-order valence-corrected chi connectivity index (χ1v) is 5.76. The van der Waals surface area contributed by atoms with Crippen molar-refractivity contribution in [3.8, 4) is 5.75 Å². The number of hydrogen-bond acceptors (Lipinski definition) is 5. The van der Waals surface area contributed by atoms with Crippen LogP contribution in [0.5, 0.6) is 5.75 Å². The lowest BCUT2D eigenvalue weighted by atomic mass is 10.2. The van der Waals surface area contributed by atoms with Gasteiger partial charge in [0.2, 0.25) is 5.95 Å². The van der Waals surface area contributed by atoms with Crippen molar-refractivity contribution in [2.24, 2.45) is 0 Å². The molecular weight excluding hydrogens is 228 g/mol. The maximum atomic E-state index is 5.59. The van der Waals surface area contributed by atoms with E-state index in [-0.39, 0.29) is 0 Å². The molecule has 1 aromatic carbocycles. The standard InChI is InChI=1S/C13H16N4O/c1-10-3-2-4-11(9-10)18-8-7-16-13-15-6-5-12(14)17-13/h2-6,9H,7-8H2,1H3,(H3,14,15,16,17). The molecule has 0 bridgehead atoms. The van der Waals surface area contributed by atoms with Crippen molar-refractivity contribution in [2.75, 3.05) is 24.2 Å². The lowest BCUT2D eigenvalue weighted by molar-refractivity contribution is 0.332. The van der Waals surface area contributed by atoms with E-state index in [2.05, 4.69) is 15.3 Å². The molecule has 1 aromatic heterocycles. The van der Waals surface area contributed by atoms with Gasteiger partial charge in [-0.1, -0.05) is 12.1 Å². The Labute approximate surface area is 106 Å². The van der Waals surface area contributed by atoms with Crippen LogP contribution in [-0.2, 0) is 0 Å². The van der Waals surface area contributed by atoms with Crippen LogP contribution in [0.15, 0.2) is 36.5 Å². The first kappa shape index (κ1) is 12.2. The molecule has 0 unspecified atom stereocenters. The summed E-state index contributed by atoms with van der Waals surface area (Å²) in [7, 11) is 0. The molecule has 0 amide bonds. The minimum absolute atomic E-state index is 0.451. The molecule has 0 aliphatic rings. The monoisotopic (exact) mass is 244 g/mol. The number of nitrogen functional groups attached to an aromatic ring is 1. The molecule has 5 heteroatoms. The Hall–Kier alpha value is -2.30. The maximum absolute atomic E-state index is 5.59. The predicted molar refractivity (Wildman–Crippen MR) is 71.6 cm³/mol. The number of aromatic nitrogens is 2. The fourth-order valence-electron chi connectivity index (χ4n) is 1.49. The van der Waals surface area contributed by atoms with E-state index in [0.717, 1.165) is 5.75 Å².